The van der Waals surface area contributed by atoms with Crippen molar-refractivity contribution in [2.45, 2.75) is 39.3 Å². The molecule has 0 radical (unpaired) electrons. The fraction of sp³-hybridized carbons (Fsp3) is 0.562. The van der Waals surface area contributed by atoms with Crippen molar-refractivity contribution in [1.82, 2.24) is 0 Å². The number of carbonyl (C=O) groups is 1. The van der Waals surface area contributed by atoms with Gasteiger partial charge in [-0.3, -0.25) is 4.79 Å². The van der Waals surface area contributed by atoms with Crippen LogP contribution in [0.15, 0.2) is 18.2 Å². The maximum Gasteiger partial charge on any atom is 0.417 e. The molecule has 0 N–H and O–H groups in total. The van der Waals surface area contributed by atoms with Crippen molar-refractivity contribution in [3.05, 3.63) is 29.3 Å². The monoisotopic (exact) mass is 299 g/mol. The average Bonchev–Trinajstić information content (AvgIpc) is 2.46. The fourth-order valence-corrected chi connectivity index (χ4v) is 2.75. The van der Waals surface area contributed by atoms with E-state index in [-0.39, 0.29) is 17.3 Å². The van der Waals surface area contributed by atoms with Crippen molar-refractivity contribution in [3.63, 3.8) is 0 Å². The van der Waals surface area contributed by atoms with Crippen molar-refractivity contribution < 1.29 is 18.0 Å². The van der Waals surface area contributed by atoms with Gasteiger partial charge >= 0.3 is 6.18 Å². The Labute approximate surface area is 122 Å². The van der Waals surface area contributed by atoms with E-state index in [4.69, 9.17) is 0 Å². The molecule has 0 amide bonds. The minimum Gasteiger partial charge on any atom is -0.371 e. The molecule has 2 nitrogen and oxygen atoms in total. The molecule has 0 aromatic heterocycles. The first-order valence-electron chi connectivity index (χ1n) is 7.20. The second-order valence-corrected chi connectivity index (χ2v) is 6.04. The lowest BCUT2D eigenvalue weighted by Crippen LogP contribution is -2.38. The molecule has 1 aliphatic rings. The Morgan fingerprint density at radius 1 is 1.29 bits per heavy atom. The van der Waals surface area contributed by atoms with Crippen LogP contribution in [0.4, 0.5) is 18.9 Å². The first kappa shape index (κ1) is 15.9. The van der Waals surface area contributed by atoms with Gasteiger partial charge in [-0.1, -0.05) is 20.3 Å². The summed E-state index contributed by atoms with van der Waals surface area (Å²) in [6.07, 6.45) is -1.21. The molecule has 5 heteroatoms. The van der Waals surface area contributed by atoms with Crippen LogP contribution in [0.5, 0.6) is 0 Å². The van der Waals surface area contributed by atoms with Gasteiger partial charge in [0.25, 0.3) is 0 Å². The van der Waals surface area contributed by atoms with Crippen LogP contribution in [0.25, 0.3) is 0 Å². The highest BCUT2D eigenvalue weighted by Gasteiger charge is 2.35. The smallest absolute Gasteiger partial charge is 0.371 e. The molecule has 0 saturated carbocycles. The first-order valence-corrected chi connectivity index (χ1v) is 7.20. The Morgan fingerprint density at radius 3 is 2.38 bits per heavy atom. The summed E-state index contributed by atoms with van der Waals surface area (Å²) >= 11 is 0. The van der Waals surface area contributed by atoms with Gasteiger partial charge in [-0.25, -0.2) is 0 Å². The molecule has 116 valence electrons. The van der Waals surface area contributed by atoms with Crippen molar-refractivity contribution in [3.8, 4) is 0 Å². The zero-order valence-corrected chi connectivity index (χ0v) is 12.3. The summed E-state index contributed by atoms with van der Waals surface area (Å²) in [6, 6.07) is 3.96. The zero-order chi connectivity index (χ0) is 15.7. The predicted octanol–water partition coefficient (Wildman–Crippen LogP) is 4.53. The normalized spacial score (nSPS) is 18.6. The Bertz CT molecular complexity index is 517. The molecule has 1 aliphatic heterocycles. The van der Waals surface area contributed by atoms with Crippen molar-refractivity contribution in [1.29, 1.82) is 0 Å². The molecule has 2 rings (SSSR count). The molecule has 0 bridgehead atoms. The van der Waals surface area contributed by atoms with Gasteiger partial charge in [-0.05, 0) is 36.5 Å². The van der Waals surface area contributed by atoms with Gasteiger partial charge in [0.15, 0.2) is 6.29 Å². The van der Waals surface area contributed by atoms with Crippen LogP contribution in [0, 0.1) is 5.41 Å². The van der Waals surface area contributed by atoms with Gasteiger partial charge in [-0.2, -0.15) is 13.2 Å². The molecule has 1 saturated heterocycles. The van der Waals surface area contributed by atoms with E-state index < -0.39 is 11.7 Å². The topological polar surface area (TPSA) is 20.3 Å². The molecule has 0 unspecified atom stereocenters. The summed E-state index contributed by atoms with van der Waals surface area (Å²) in [5.74, 6) is 0. The summed E-state index contributed by atoms with van der Waals surface area (Å²) in [4.78, 5) is 12.7. The lowest BCUT2D eigenvalue weighted by Gasteiger charge is -2.40. The standard InChI is InChI=1S/C16H20F3NO/c1-3-15(2)6-8-20(9-7-15)13-5-4-12(11-21)14(10-13)16(17,18)19/h4-5,10-11H,3,6-9H2,1-2H3. The number of carbonyl (C=O) groups excluding carboxylic acids is 1. The number of rotatable bonds is 3. The third-order valence-electron chi connectivity index (χ3n) is 4.66. The predicted molar refractivity (Wildman–Crippen MR) is 76.7 cm³/mol. The number of benzene rings is 1. The Hall–Kier alpha value is -1.52. The number of alkyl halides is 3. The zero-order valence-electron chi connectivity index (χ0n) is 12.3. The third kappa shape index (κ3) is 3.39. The summed E-state index contributed by atoms with van der Waals surface area (Å²) in [5.41, 5.74) is -0.321. The van der Waals surface area contributed by atoms with Gasteiger partial charge < -0.3 is 4.90 Å². The Kier molecular flexibility index (Phi) is 4.30. The van der Waals surface area contributed by atoms with E-state index in [0.29, 0.717) is 5.69 Å². The van der Waals surface area contributed by atoms with E-state index in [0.717, 1.165) is 38.4 Å². The minimum atomic E-state index is -4.50. The molecule has 1 fully saturated rings. The molecule has 1 aromatic carbocycles. The van der Waals surface area contributed by atoms with Crippen molar-refractivity contribution in [2.75, 3.05) is 18.0 Å². The first-order chi connectivity index (χ1) is 9.79. The van der Waals surface area contributed by atoms with Gasteiger partial charge in [0.1, 0.15) is 0 Å². The molecular weight excluding hydrogens is 279 g/mol. The highest BCUT2D eigenvalue weighted by Crippen LogP contribution is 2.38. The van der Waals surface area contributed by atoms with Crippen LogP contribution < -0.4 is 4.90 Å². The van der Waals surface area contributed by atoms with E-state index in [1.807, 2.05) is 4.90 Å². The molecule has 0 aliphatic carbocycles. The lowest BCUT2D eigenvalue weighted by molar-refractivity contribution is -0.137. The molecule has 1 heterocycles. The van der Waals surface area contributed by atoms with Gasteiger partial charge in [0.05, 0.1) is 5.56 Å². The second kappa shape index (κ2) is 5.70. The Balaban J connectivity index is 2.24. The quantitative estimate of drug-likeness (QED) is 0.764. The number of aldehydes is 1. The fourth-order valence-electron chi connectivity index (χ4n) is 2.75. The van der Waals surface area contributed by atoms with E-state index in [1.54, 1.807) is 6.07 Å². The number of piperidine rings is 1. The van der Waals surface area contributed by atoms with Crippen LogP contribution >= 0.6 is 0 Å². The van der Waals surface area contributed by atoms with E-state index in [9.17, 15) is 18.0 Å². The van der Waals surface area contributed by atoms with Crippen LogP contribution in [0.3, 0.4) is 0 Å². The highest BCUT2D eigenvalue weighted by atomic mass is 19.4. The Morgan fingerprint density at radius 2 is 1.90 bits per heavy atom. The molecule has 21 heavy (non-hydrogen) atoms. The van der Waals surface area contributed by atoms with E-state index in [1.165, 1.54) is 6.07 Å². The highest BCUT2D eigenvalue weighted by molar-refractivity contribution is 5.79. The maximum absolute atomic E-state index is 13.0. The number of hydrogen-bond donors (Lipinski definition) is 0. The molecule has 1 aromatic rings. The van der Waals surface area contributed by atoms with Crippen LogP contribution in [-0.2, 0) is 6.18 Å². The van der Waals surface area contributed by atoms with Crippen LogP contribution in [0.1, 0.15) is 49.0 Å². The van der Waals surface area contributed by atoms with Gasteiger partial charge in [-0.15, -0.1) is 0 Å². The number of halogens is 3. The molecule has 0 atom stereocenters. The summed E-state index contributed by atoms with van der Waals surface area (Å²) in [6.45, 7) is 5.88. The third-order valence-corrected chi connectivity index (χ3v) is 4.66. The largest absolute Gasteiger partial charge is 0.417 e. The lowest BCUT2D eigenvalue weighted by atomic mass is 9.78. The van der Waals surface area contributed by atoms with Crippen LogP contribution in [0.2, 0.25) is 0 Å². The number of anilines is 1. The maximum atomic E-state index is 13.0. The minimum absolute atomic E-state index is 0.261. The second-order valence-electron chi connectivity index (χ2n) is 6.04. The van der Waals surface area contributed by atoms with E-state index in [2.05, 4.69) is 13.8 Å². The summed E-state index contributed by atoms with van der Waals surface area (Å²) < 4.78 is 38.9. The average molecular weight is 299 g/mol. The van der Waals surface area contributed by atoms with E-state index >= 15 is 0 Å². The van der Waals surface area contributed by atoms with Crippen molar-refractivity contribution in [2.24, 2.45) is 5.41 Å². The number of nitrogens with zero attached hydrogens (tertiary/aromatic N) is 1. The summed E-state index contributed by atoms with van der Waals surface area (Å²) in [5, 5.41) is 0. The van der Waals surface area contributed by atoms with Crippen LogP contribution in [-0.4, -0.2) is 19.4 Å². The van der Waals surface area contributed by atoms with Gasteiger partial charge in [0, 0.05) is 24.3 Å². The molecule has 0 spiro atoms. The SMILES string of the molecule is CCC1(C)CCN(c2ccc(C=O)c(C(F)(F)F)c2)CC1. The summed E-state index contributed by atoms with van der Waals surface area (Å²) in [7, 11) is 0. The van der Waals surface area contributed by atoms with Crippen molar-refractivity contribution >= 4 is 12.0 Å². The van der Waals surface area contributed by atoms with Gasteiger partial charge in [0.2, 0.25) is 0 Å². The molecular formula is C16H20F3NO. The number of hydrogen-bond acceptors (Lipinski definition) is 2.